The van der Waals surface area contributed by atoms with Crippen LogP contribution in [0.2, 0.25) is 0 Å². The highest BCUT2D eigenvalue weighted by molar-refractivity contribution is 7.99. The van der Waals surface area contributed by atoms with Gasteiger partial charge in [0.25, 0.3) is 20.2 Å². The summed E-state index contributed by atoms with van der Waals surface area (Å²) in [5.74, 6) is 0.318. The highest BCUT2D eigenvalue weighted by atomic mass is 32.2. The van der Waals surface area contributed by atoms with Crippen LogP contribution in [0, 0.1) is 12.5 Å². The number of nitrogens with zero attached hydrogens (tertiary/aromatic N) is 4. The van der Waals surface area contributed by atoms with Crippen LogP contribution in [0.5, 0.6) is 5.75 Å². The molecule has 0 aliphatic heterocycles. The Morgan fingerprint density at radius 2 is 1.53 bits per heavy atom. The zero-order valence-corrected chi connectivity index (χ0v) is 21.5. The number of rotatable bonds is 14. The number of nitrogens with one attached hydrogen (secondary N) is 2. The Morgan fingerprint density at radius 3 is 1.97 bits per heavy atom. The van der Waals surface area contributed by atoms with Gasteiger partial charge in [-0.3, -0.25) is 9.11 Å². The predicted octanol–water partition coefficient (Wildman–Crippen LogP) is 3.33. The quantitative estimate of drug-likeness (QED) is 0.115. The van der Waals surface area contributed by atoms with Crippen LogP contribution >= 0.6 is 23.5 Å². The Morgan fingerprint density at radius 1 is 1.00 bits per heavy atom. The third-order valence-electron chi connectivity index (χ3n) is 4.06. The number of aryl methyl sites for hydroxylation is 1. The standard InChI is InChI=1S/C17H24N6O7S4/c1-11-5-6-12(30-2)14(13(11)23-18)19-15-20-16(31-7-3-9-33(24,25)26)22-17(21-15)32-8-4-10-34(27,28)29/h5-6,18H,3-4,7-10H2,1-2H3,(H,24,25,26)(H,27,28,29)(H,19,20,21,22). The summed E-state index contributed by atoms with van der Waals surface area (Å²) >= 11 is 2.30. The van der Waals surface area contributed by atoms with Crippen molar-refractivity contribution in [2.24, 2.45) is 5.11 Å². The molecule has 1 aromatic carbocycles. The van der Waals surface area contributed by atoms with Crippen LogP contribution in [0.3, 0.4) is 0 Å². The van der Waals surface area contributed by atoms with Crippen LogP contribution in [0.15, 0.2) is 27.6 Å². The maximum absolute atomic E-state index is 10.9. The third-order valence-corrected chi connectivity index (χ3v) is 7.54. The minimum absolute atomic E-state index is 0.110. The van der Waals surface area contributed by atoms with Gasteiger partial charge in [0.1, 0.15) is 17.1 Å². The second-order valence-electron chi connectivity index (χ2n) is 6.75. The molecule has 34 heavy (non-hydrogen) atoms. The Hall–Kier alpha value is -2.05. The highest BCUT2D eigenvalue weighted by Crippen LogP contribution is 2.39. The molecule has 0 aliphatic carbocycles. The van der Waals surface area contributed by atoms with Crippen LogP contribution in [0.25, 0.3) is 0 Å². The van der Waals surface area contributed by atoms with Gasteiger partial charge in [0.15, 0.2) is 10.3 Å². The first-order valence-corrected chi connectivity index (χ1v) is 14.8. The van der Waals surface area contributed by atoms with Crippen molar-refractivity contribution in [3.8, 4) is 5.75 Å². The van der Waals surface area contributed by atoms with Gasteiger partial charge in [0.2, 0.25) is 5.95 Å². The van der Waals surface area contributed by atoms with Crippen molar-refractivity contribution in [2.75, 3.05) is 35.4 Å². The van der Waals surface area contributed by atoms with E-state index in [0.29, 0.717) is 34.2 Å². The van der Waals surface area contributed by atoms with E-state index in [1.807, 2.05) is 0 Å². The first-order valence-electron chi connectivity index (χ1n) is 9.66. The molecule has 0 atom stereocenters. The van der Waals surface area contributed by atoms with Gasteiger partial charge in [0.05, 0.1) is 18.6 Å². The van der Waals surface area contributed by atoms with Gasteiger partial charge in [-0.05, 0) is 31.4 Å². The summed E-state index contributed by atoms with van der Waals surface area (Å²) < 4.78 is 66.8. The maximum atomic E-state index is 10.9. The van der Waals surface area contributed by atoms with Gasteiger partial charge >= 0.3 is 0 Å². The molecule has 2 aromatic rings. The van der Waals surface area contributed by atoms with Crippen LogP contribution in [0.4, 0.5) is 17.3 Å². The lowest BCUT2D eigenvalue weighted by atomic mass is 10.1. The minimum Gasteiger partial charge on any atom is -0.494 e. The average molecular weight is 553 g/mol. The molecule has 0 fully saturated rings. The van der Waals surface area contributed by atoms with Crippen molar-refractivity contribution >= 4 is 61.1 Å². The van der Waals surface area contributed by atoms with Crippen LogP contribution in [-0.4, -0.2) is 71.0 Å². The molecule has 0 amide bonds. The summed E-state index contributed by atoms with van der Waals surface area (Å²) in [7, 11) is -6.69. The Kier molecular flexibility index (Phi) is 10.4. The second kappa shape index (κ2) is 12.6. The van der Waals surface area contributed by atoms with Gasteiger partial charge < -0.3 is 10.1 Å². The van der Waals surface area contributed by atoms with Crippen molar-refractivity contribution in [1.29, 1.82) is 5.53 Å². The molecule has 4 N–H and O–H groups in total. The molecular formula is C17H24N6O7S4. The van der Waals surface area contributed by atoms with E-state index in [0.717, 1.165) is 23.5 Å². The molecule has 0 saturated carbocycles. The lowest BCUT2D eigenvalue weighted by Gasteiger charge is -2.14. The summed E-state index contributed by atoms with van der Waals surface area (Å²) in [6.07, 6.45) is 0.338. The SMILES string of the molecule is COc1ccc(C)c(N=N)c1Nc1nc(SCCCS(=O)(=O)O)nc(SCCCS(=O)(=O)O)n1. The molecule has 0 bridgehead atoms. The second-order valence-corrected chi connectivity index (χ2v) is 12.0. The average Bonchev–Trinajstić information content (AvgIpc) is 2.73. The summed E-state index contributed by atoms with van der Waals surface area (Å²) in [6.45, 7) is 1.78. The lowest BCUT2D eigenvalue weighted by molar-refractivity contribution is 0.416. The third kappa shape index (κ3) is 9.67. The number of hydrogen-bond acceptors (Lipinski definition) is 13. The first-order chi connectivity index (χ1) is 15.9. The number of thioether (sulfide) groups is 2. The lowest BCUT2D eigenvalue weighted by Crippen LogP contribution is -2.07. The zero-order valence-electron chi connectivity index (χ0n) is 18.3. The van der Waals surface area contributed by atoms with Gasteiger partial charge in [-0.15, -0.1) is 0 Å². The van der Waals surface area contributed by atoms with Crippen molar-refractivity contribution in [2.45, 2.75) is 30.1 Å². The van der Waals surface area contributed by atoms with E-state index in [4.69, 9.17) is 19.4 Å². The fraction of sp³-hybridized carbons (Fsp3) is 0.471. The summed E-state index contributed by atoms with van der Waals surface area (Å²) in [4.78, 5) is 12.9. The fourth-order valence-corrected chi connectivity index (χ4v) is 5.54. The number of hydrogen-bond donors (Lipinski definition) is 4. The minimum atomic E-state index is -4.08. The summed E-state index contributed by atoms with van der Waals surface area (Å²) in [6, 6.07) is 3.45. The first kappa shape index (κ1) is 28.2. The van der Waals surface area contributed by atoms with Gasteiger partial charge in [-0.2, -0.15) is 36.9 Å². The molecule has 13 nitrogen and oxygen atoms in total. The Labute approximate surface area is 205 Å². The molecule has 1 heterocycles. The van der Waals surface area contributed by atoms with Crippen LogP contribution in [-0.2, 0) is 20.2 Å². The fourth-order valence-electron chi connectivity index (χ4n) is 2.56. The van der Waals surface area contributed by atoms with E-state index in [1.54, 1.807) is 19.1 Å². The molecular weight excluding hydrogens is 528 g/mol. The van der Waals surface area contributed by atoms with Crippen molar-refractivity contribution in [1.82, 2.24) is 15.0 Å². The van der Waals surface area contributed by atoms with E-state index in [-0.39, 0.29) is 29.1 Å². The number of benzene rings is 1. The van der Waals surface area contributed by atoms with E-state index < -0.39 is 31.7 Å². The van der Waals surface area contributed by atoms with Crippen LogP contribution < -0.4 is 10.1 Å². The topological polar surface area (TPSA) is 205 Å². The molecule has 2 rings (SSSR count). The van der Waals surface area contributed by atoms with Crippen molar-refractivity contribution in [3.63, 3.8) is 0 Å². The molecule has 17 heteroatoms. The summed E-state index contributed by atoms with van der Waals surface area (Å²) in [5.41, 5.74) is 8.91. The largest absolute Gasteiger partial charge is 0.494 e. The number of anilines is 2. The molecule has 0 unspecified atom stereocenters. The van der Waals surface area contributed by atoms with E-state index in [2.05, 4.69) is 25.4 Å². The van der Waals surface area contributed by atoms with Crippen LogP contribution in [0.1, 0.15) is 18.4 Å². The molecule has 0 saturated heterocycles. The van der Waals surface area contributed by atoms with Gasteiger partial charge in [-0.1, -0.05) is 29.6 Å². The molecule has 0 radical (unpaired) electrons. The number of ether oxygens (including phenoxy) is 1. The molecule has 0 aliphatic rings. The smallest absolute Gasteiger partial charge is 0.264 e. The maximum Gasteiger partial charge on any atom is 0.264 e. The van der Waals surface area contributed by atoms with E-state index >= 15 is 0 Å². The normalized spacial score (nSPS) is 11.9. The molecule has 1 aromatic heterocycles. The predicted molar refractivity (Wildman–Crippen MR) is 129 cm³/mol. The Balaban J connectivity index is 2.29. The van der Waals surface area contributed by atoms with Crippen molar-refractivity contribution in [3.05, 3.63) is 17.7 Å². The van der Waals surface area contributed by atoms with E-state index in [9.17, 15) is 16.8 Å². The molecule has 188 valence electrons. The van der Waals surface area contributed by atoms with E-state index in [1.165, 1.54) is 7.11 Å². The number of aromatic nitrogens is 3. The summed E-state index contributed by atoms with van der Waals surface area (Å²) in [5, 5.41) is 7.08. The van der Waals surface area contributed by atoms with Gasteiger partial charge in [0, 0.05) is 11.5 Å². The Bertz CT molecular complexity index is 1170. The van der Waals surface area contributed by atoms with Crippen molar-refractivity contribution < 1.29 is 30.7 Å². The van der Waals surface area contributed by atoms with Gasteiger partial charge in [-0.25, -0.2) is 5.53 Å². The molecule has 0 spiro atoms. The number of methoxy groups -OCH3 is 1. The highest BCUT2D eigenvalue weighted by Gasteiger charge is 2.16. The zero-order chi connectivity index (χ0) is 25.4. The monoisotopic (exact) mass is 552 g/mol.